The minimum atomic E-state index is -0.960. The molecule has 4 aromatic rings. The second kappa shape index (κ2) is 12.4. The fraction of sp³-hybridized carbons (Fsp3) is 0.161. The lowest BCUT2D eigenvalue weighted by Gasteiger charge is -2.24. The molecule has 0 fully saturated rings. The van der Waals surface area contributed by atoms with Crippen molar-refractivity contribution in [3.8, 4) is 11.5 Å². The van der Waals surface area contributed by atoms with Crippen LogP contribution in [-0.2, 0) is 15.3 Å². The van der Waals surface area contributed by atoms with Crippen LogP contribution in [0.1, 0.15) is 28.3 Å². The molecule has 10 heteroatoms. The summed E-state index contributed by atoms with van der Waals surface area (Å²) < 4.78 is 11.5. The van der Waals surface area contributed by atoms with Gasteiger partial charge < -0.3 is 14.6 Å². The van der Waals surface area contributed by atoms with E-state index >= 15 is 0 Å². The second-order valence-corrected chi connectivity index (χ2v) is 11.4. The van der Waals surface area contributed by atoms with E-state index in [1.165, 1.54) is 53.9 Å². The number of amides is 1. The van der Waals surface area contributed by atoms with Gasteiger partial charge in [-0.3, -0.25) is 14.5 Å². The van der Waals surface area contributed by atoms with E-state index in [-0.39, 0.29) is 10.7 Å². The summed E-state index contributed by atoms with van der Waals surface area (Å²) in [5, 5.41) is 19.9. The first-order chi connectivity index (χ1) is 19.9. The highest BCUT2D eigenvalue weighted by Crippen LogP contribution is 2.45. The summed E-state index contributed by atoms with van der Waals surface area (Å²) in [6.45, 7) is 2.04. The first kappa shape index (κ1) is 28.1. The number of ether oxygens (including phenoxy) is 2. The topological polar surface area (TPSA) is 102 Å². The Bertz CT molecular complexity index is 1630. The number of ketones is 1. The summed E-state index contributed by atoms with van der Waals surface area (Å²) in [6, 6.07) is 21.7. The number of carbonyl (C=O) groups is 2. The van der Waals surface area contributed by atoms with Crippen LogP contribution in [0.5, 0.6) is 11.5 Å². The lowest BCUT2D eigenvalue weighted by Crippen LogP contribution is -2.30. The number of benzene rings is 3. The molecule has 0 bridgehead atoms. The van der Waals surface area contributed by atoms with Crippen molar-refractivity contribution in [3.05, 3.63) is 112 Å². The smallest absolute Gasteiger partial charge is 0.296 e. The van der Waals surface area contributed by atoms with Gasteiger partial charge in [0.1, 0.15) is 0 Å². The van der Waals surface area contributed by atoms with E-state index in [1.54, 1.807) is 24.3 Å². The van der Waals surface area contributed by atoms with Gasteiger partial charge >= 0.3 is 0 Å². The van der Waals surface area contributed by atoms with E-state index in [0.717, 1.165) is 11.1 Å². The van der Waals surface area contributed by atoms with Crippen molar-refractivity contribution in [2.75, 3.05) is 19.1 Å². The highest BCUT2D eigenvalue weighted by Gasteiger charge is 2.45. The zero-order valence-electron chi connectivity index (χ0n) is 22.6. The lowest BCUT2D eigenvalue weighted by molar-refractivity contribution is -0.117. The van der Waals surface area contributed by atoms with Crippen LogP contribution in [-0.4, -0.2) is 41.2 Å². The van der Waals surface area contributed by atoms with E-state index in [0.29, 0.717) is 27.2 Å². The fourth-order valence-electron chi connectivity index (χ4n) is 4.41. The predicted molar refractivity (Wildman–Crippen MR) is 161 cm³/mol. The molecule has 1 aliphatic heterocycles. The summed E-state index contributed by atoms with van der Waals surface area (Å²) in [5.74, 6) is -0.270. The fourth-order valence-corrected chi connectivity index (χ4v) is 6.23. The quantitative estimate of drug-likeness (QED) is 0.131. The van der Waals surface area contributed by atoms with E-state index in [1.807, 2.05) is 37.3 Å². The zero-order chi connectivity index (χ0) is 28.9. The number of hydrogen-bond donors (Lipinski definition) is 1. The van der Waals surface area contributed by atoms with E-state index in [9.17, 15) is 14.7 Å². The van der Waals surface area contributed by atoms with Gasteiger partial charge in [0.05, 0.1) is 25.8 Å². The van der Waals surface area contributed by atoms with Gasteiger partial charge in [0.2, 0.25) is 5.13 Å². The van der Waals surface area contributed by atoms with Gasteiger partial charge in [-0.05, 0) is 41.8 Å². The Hall–Kier alpha value is -4.41. The molecular formula is C31H27N3O5S2. The molecule has 1 amide bonds. The number of aromatic nitrogens is 2. The van der Waals surface area contributed by atoms with Crippen LogP contribution in [0.15, 0.2) is 94.5 Å². The molecule has 41 heavy (non-hydrogen) atoms. The zero-order valence-corrected chi connectivity index (χ0v) is 24.2. The lowest BCUT2D eigenvalue weighted by atomic mass is 9.95. The van der Waals surface area contributed by atoms with Crippen LogP contribution in [0.2, 0.25) is 0 Å². The maximum Gasteiger partial charge on any atom is 0.296 e. The molecule has 8 nitrogen and oxygen atoms in total. The van der Waals surface area contributed by atoms with Gasteiger partial charge in [-0.25, -0.2) is 0 Å². The number of aliphatic hydroxyl groups is 1. The monoisotopic (exact) mass is 585 g/mol. The molecule has 1 unspecified atom stereocenters. The Labute approximate surface area is 246 Å². The minimum absolute atomic E-state index is 0.0570. The molecular weight excluding hydrogens is 558 g/mol. The van der Waals surface area contributed by atoms with Crippen molar-refractivity contribution in [2.45, 2.75) is 23.1 Å². The first-order valence-electron chi connectivity index (χ1n) is 12.7. The number of rotatable bonds is 10. The molecule has 1 atom stereocenters. The van der Waals surface area contributed by atoms with Gasteiger partial charge in [-0.1, -0.05) is 95.4 Å². The molecule has 2 heterocycles. The summed E-state index contributed by atoms with van der Waals surface area (Å²) in [4.78, 5) is 28.3. The number of nitrogens with zero attached hydrogens (tertiary/aromatic N) is 3. The Morgan fingerprint density at radius 3 is 2.46 bits per heavy atom. The van der Waals surface area contributed by atoms with Crippen molar-refractivity contribution in [1.29, 1.82) is 0 Å². The van der Waals surface area contributed by atoms with Crippen LogP contribution in [0, 0.1) is 6.92 Å². The van der Waals surface area contributed by atoms with Crippen molar-refractivity contribution < 1.29 is 24.2 Å². The molecule has 3 aromatic carbocycles. The van der Waals surface area contributed by atoms with Gasteiger partial charge in [0, 0.05) is 5.75 Å². The number of thioether (sulfide) groups is 1. The summed E-state index contributed by atoms with van der Waals surface area (Å²) in [7, 11) is 3.03. The van der Waals surface area contributed by atoms with Crippen molar-refractivity contribution in [1.82, 2.24) is 10.2 Å². The second-order valence-electron chi connectivity index (χ2n) is 9.19. The van der Waals surface area contributed by atoms with Crippen LogP contribution < -0.4 is 14.4 Å². The molecule has 0 saturated heterocycles. The molecule has 0 aliphatic carbocycles. The van der Waals surface area contributed by atoms with E-state index in [2.05, 4.69) is 34.5 Å². The molecule has 1 N–H and O–H groups in total. The first-order valence-corrected chi connectivity index (χ1v) is 14.5. The minimum Gasteiger partial charge on any atom is -0.503 e. The average Bonchev–Trinajstić information content (AvgIpc) is 3.57. The van der Waals surface area contributed by atoms with E-state index < -0.39 is 23.5 Å². The van der Waals surface area contributed by atoms with Crippen molar-refractivity contribution in [3.63, 3.8) is 0 Å². The Balaban J connectivity index is 1.50. The standard InChI is InChI=1S/C31H27N3O5S2/c1-19-9-11-21(12-10-19)18-40-31-33-32-30(41-31)34-27(22-14-16-24(38-2)25(17-22)39-3)26(28(36)29(34)37)23(35)15-13-20-7-5-4-6-8-20/h4-17,27,36H,18H2,1-3H3. The van der Waals surface area contributed by atoms with Gasteiger partial charge in [0.25, 0.3) is 5.91 Å². The SMILES string of the molecule is COc1ccc(C2C(C(=O)C=Cc3ccccc3)=C(O)C(=O)N2c2nnc(SCc3ccc(C)cc3)s2)cc1OC. The number of aryl methyl sites for hydroxylation is 1. The summed E-state index contributed by atoms with van der Waals surface area (Å²) in [6.07, 6.45) is 3.00. The van der Waals surface area contributed by atoms with E-state index in [4.69, 9.17) is 9.47 Å². The number of aliphatic hydroxyl groups excluding tert-OH is 1. The van der Waals surface area contributed by atoms with Crippen LogP contribution in [0.25, 0.3) is 6.08 Å². The maximum atomic E-state index is 13.5. The molecule has 1 aromatic heterocycles. The molecule has 208 valence electrons. The number of carbonyl (C=O) groups excluding carboxylic acids is 2. The Kier molecular flexibility index (Phi) is 8.51. The summed E-state index contributed by atoms with van der Waals surface area (Å²) >= 11 is 2.72. The third-order valence-electron chi connectivity index (χ3n) is 6.51. The van der Waals surface area contributed by atoms with Crippen LogP contribution in [0.3, 0.4) is 0 Å². The maximum absolute atomic E-state index is 13.5. The van der Waals surface area contributed by atoms with Crippen LogP contribution >= 0.6 is 23.1 Å². The van der Waals surface area contributed by atoms with Gasteiger partial charge in [-0.15, -0.1) is 10.2 Å². The van der Waals surface area contributed by atoms with Crippen LogP contribution in [0.4, 0.5) is 5.13 Å². The molecule has 0 radical (unpaired) electrons. The normalized spacial score (nSPS) is 15.1. The van der Waals surface area contributed by atoms with Gasteiger partial charge in [-0.2, -0.15) is 0 Å². The summed E-state index contributed by atoms with van der Waals surface area (Å²) in [5.41, 5.74) is 3.61. The highest BCUT2D eigenvalue weighted by molar-refractivity contribution is 8.00. The number of hydrogen-bond acceptors (Lipinski definition) is 9. The third kappa shape index (κ3) is 6.03. The molecule has 5 rings (SSSR count). The molecule has 0 saturated carbocycles. The Morgan fingerprint density at radius 1 is 1.02 bits per heavy atom. The highest BCUT2D eigenvalue weighted by atomic mass is 32.2. The molecule has 1 aliphatic rings. The largest absolute Gasteiger partial charge is 0.503 e. The molecule has 0 spiro atoms. The number of anilines is 1. The number of methoxy groups -OCH3 is 2. The average molecular weight is 586 g/mol. The van der Waals surface area contributed by atoms with Crippen molar-refractivity contribution >= 4 is 46.0 Å². The number of allylic oxidation sites excluding steroid dienone is 1. The predicted octanol–water partition coefficient (Wildman–Crippen LogP) is 6.34. The van der Waals surface area contributed by atoms with Gasteiger partial charge in [0.15, 0.2) is 27.4 Å². The third-order valence-corrected chi connectivity index (χ3v) is 8.64. The van der Waals surface area contributed by atoms with Crippen molar-refractivity contribution in [2.24, 2.45) is 0 Å². The Morgan fingerprint density at radius 2 is 1.76 bits per heavy atom.